The van der Waals surface area contributed by atoms with Crippen LogP contribution in [0.4, 0.5) is 0 Å². The lowest BCUT2D eigenvalue weighted by Crippen LogP contribution is -2.02. The smallest absolute Gasteiger partial charge is 0.162 e. The summed E-state index contributed by atoms with van der Waals surface area (Å²) in [5.74, 6) is 1.21. The molecule has 0 saturated carbocycles. The fourth-order valence-corrected chi connectivity index (χ4v) is 2.74. The number of pyridine rings is 1. The zero-order chi connectivity index (χ0) is 14.2. The van der Waals surface area contributed by atoms with Crippen molar-refractivity contribution in [3.63, 3.8) is 0 Å². The van der Waals surface area contributed by atoms with Gasteiger partial charge in [0.25, 0.3) is 0 Å². The number of fused-ring (bicyclic) bond motifs is 2. The summed E-state index contributed by atoms with van der Waals surface area (Å²) in [5, 5.41) is 7.79. The van der Waals surface area contributed by atoms with E-state index in [1.54, 1.807) is 0 Å². The Morgan fingerprint density at radius 2 is 1.71 bits per heavy atom. The summed E-state index contributed by atoms with van der Waals surface area (Å²) in [5.41, 5.74) is 1.90. The molecule has 0 amide bonds. The first-order valence-corrected chi connectivity index (χ1v) is 7.28. The lowest BCUT2D eigenvalue weighted by atomic mass is 10.1. The van der Waals surface area contributed by atoms with Gasteiger partial charge >= 0.3 is 0 Å². The molecule has 3 nitrogen and oxygen atoms in total. The minimum absolute atomic E-state index is 0.386. The van der Waals surface area contributed by atoms with E-state index in [0.717, 1.165) is 33.2 Å². The van der Waals surface area contributed by atoms with Gasteiger partial charge in [-0.15, -0.1) is 11.6 Å². The van der Waals surface area contributed by atoms with E-state index in [1.807, 2.05) is 53.3 Å². The summed E-state index contributed by atoms with van der Waals surface area (Å²) >= 11 is 5.99. The third-order valence-corrected chi connectivity index (χ3v) is 3.86. The van der Waals surface area contributed by atoms with Gasteiger partial charge in [0, 0.05) is 10.8 Å². The van der Waals surface area contributed by atoms with Crippen LogP contribution in [-0.2, 0) is 5.88 Å². The highest BCUT2D eigenvalue weighted by molar-refractivity contribution is 6.17. The lowest BCUT2D eigenvalue weighted by Gasteiger charge is -2.09. The fraction of sp³-hybridized carbons (Fsp3) is 0.0588. The van der Waals surface area contributed by atoms with Crippen molar-refractivity contribution < 1.29 is 0 Å². The molecule has 4 rings (SSSR count). The van der Waals surface area contributed by atoms with Gasteiger partial charge in [0.05, 0.1) is 23.3 Å². The highest BCUT2D eigenvalue weighted by Crippen LogP contribution is 2.25. The van der Waals surface area contributed by atoms with Crippen LogP contribution in [0.25, 0.3) is 27.5 Å². The molecule has 2 aromatic heterocycles. The molecule has 0 bridgehead atoms. The van der Waals surface area contributed by atoms with Gasteiger partial charge in [0.15, 0.2) is 5.82 Å². The molecule has 0 fully saturated rings. The maximum Gasteiger partial charge on any atom is 0.162 e. The molecule has 21 heavy (non-hydrogen) atoms. The molecule has 0 aliphatic rings. The molecule has 2 heterocycles. The average molecular weight is 294 g/mol. The molecule has 0 aliphatic heterocycles. The third kappa shape index (κ3) is 1.98. The van der Waals surface area contributed by atoms with Crippen LogP contribution in [0.1, 0.15) is 5.69 Å². The van der Waals surface area contributed by atoms with Crippen LogP contribution < -0.4 is 0 Å². The Bertz CT molecular complexity index is 943. The van der Waals surface area contributed by atoms with E-state index in [-0.39, 0.29) is 0 Å². The number of rotatable bonds is 2. The second-order valence-corrected chi connectivity index (χ2v) is 5.17. The lowest BCUT2D eigenvalue weighted by molar-refractivity contribution is 0.876. The molecular formula is C17H12ClN3. The Morgan fingerprint density at radius 1 is 0.952 bits per heavy atom. The molecule has 0 unspecified atom stereocenters. The molecule has 4 heteroatoms. The van der Waals surface area contributed by atoms with Crippen molar-refractivity contribution >= 4 is 33.3 Å². The molecule has 0 N–H and O–H groups in total. The monoisotopic (exact) mass is 293 g/mol. The van der Waals surface area contributed by atoms with E-state index < -0.39 is 0 Å². The molecule has 0 atom stereocenters. The van der Waals surface area contributed by atoms with E-state index in [0.29, 0.717) is 5.88 Å². The van der Waals surface area contributed by atoms with E-state index in [9.17, 15) is 0 Å². The van der Waals surface area contributed by atoms with Crippen LogP contribution in [0.15, 0.2) is 60.8 Å². The molecule has 0 spiro atoms. The molecular weight excluding hydrogens is 282 g/mol. The molecule has 4 aromatic rings. The number of nitrogens with zero attached hydrogens (tertiary/aromatic N) is 3. The van der Waals surface area contributed by atoms with E-state index in [4.69, 9.17) is 11.6 Å². The molecule has 102 valence electrons. The Hall–Kier alpha value is -2.39. The number of halogens is 1. The molecule has 0 radical (unpaired) electrons. The van der Waals surface area contributed by atoms with E-state index >= 15 is 0 Å². The highest BCUT2D eigenvalue weighted by atomic mass is 35.5. The van der Waals surface area contributed by atoms with Gasteiger partial charge in [-0.2, -0.15) is 5.10 Å². The maximum atomic E-state index is 5.99. The van der Waals surface area contributed by atoms with Gasteiger partial charge in [-0.05, 0) is 17.5 Å². The minimum Gasteiger partial charge on any atom is -0.232 e. The summed E-state index contributed by atoms with van der Waals surface area (Å²) in [6, 6.07) is 18.3. The van der Waals surface area contributed by atoms with Crippen LogP contribution in [-0.4, -0.2) is 14.8 Å². The normalized spacial score (nSPS) is 11.3. The summed E-state index contributed by atoms with van der Waals surface area (Å²) in [6.45, 7) is 0. The van der Waals surface area contributed by atoms with Crippen molar-refractivity contribution in [1.82, 2.24) is 14.8 Å². The van der Waals surface area contributed by atoms with Crippen LogP contribution in [0, 0.1) is 0 Å². The standard InChI is InChI=1S/C17H12ClN3/c18-10-14-9-12-5-1-3-7-15(12)17(20-14)21-16-8-4-2-6-13(16)11-19-21/h1-9,11H,10H2. The Balaban J connectivity index is 2.09. The first-order chi connectivity index (χ1) is 10.4. The van der Waals surface area contributed by atoms with E-state index in [1.165, 1.54) is 0 Å². The number of hydrogen-bond donors (Lipinski definition) is 0. The quantitative estimate of drug-likeness (QED) is 0.516. The van der Waals surface area contributed by atoms with Crippen molar-refractivity contribution in [2.75, 3.05) is 0 Å². The third-order valence-electron chi connectivity index (χ3n) is 3.59. The van der Waals surface area contributed by atoms with Gasteiger partial charge in [0.1, 0.15) is 0 Å². The maximum absolute atomic E-state index is 5.99. The average Bonchev–Trinajstić information content (AvgIpc) is 2.97. The van der Waals surface area contributed by atoms with Crippen LogP contribution >= 0.6 is 11.6 Å². The fourth-order valence-electron chi connectivity index (χ4n) is 2.60. The topological polar surface area (TPSA) is 30.7 Å². The second-order valence-electron chi connectivity index (χ2n) is 4.91. The first-order valence-electron chi connectivity index (χ1n) is 6.74. The first kappa shape index (κ1) is 12.4. The summed E-state index contributed by atoms with van der Waals surface area (Å²) in [4.78, 5) is 4.68. The summed E-state index contributed by atoms with van der Waals surface area (Å²) in [6.07, 6.45) is 1.86. The number of aromatic nitrogens is 3. The van der Waals surface area contributed by atoms with Crippen LogP contribution in [0.5, 0.6) is 0 Å². The van der Waals surface area contributed by atoms with Gasteiger partial charge in [-0.1, -0.05) is 42.5 Å². The Kier molecular flexibility index (Phi) is 2.86. The number of alkyl halides is 1. The summed E-state index contributed by atoms with van der Waals surface area (Å²) in [7, 11) is 0. The zero-order valence-electron chi connectivity index (χ0n) is 11.2. The highest BCUT2D eigenvalue weighted by Gasteiger charge is 2.11. The summed E-state index contributed by atoms with van der Waals surface area (Å²) < 4.78 is 1.88. The van der Waals surface area contributed by atoms with Gasteiger partial charge in [-0.3, -0.25) is 0 Å². The van der Waals surface area contributed by atoms with E-state index in [2.05, 4.69) is 22.2 Å². The number of benzene rings is 2. The number of para-hydroxylation sites is 1. The Labute approximate surface area is 126 Å². The molecule has 2 aromatic carbocycles. The van der Waals surface area contributed by atoms with Gasteiger partial charge < -0.3 is 0 Å². The van der Waals surface area contributed by atoms with Crippen molar-refractivity contribution in [3.05, 3.63) is 66.5 Å². The van der Waals surface area contributed by atoms with Gasteiger partial charge in [0.2, 0.25) is 0 Å². The van der Waals surface area contributed by atoms with Crippen LogP contribution in [0.2, 0.25) is 0 Å². The minimum atomic E-state index is 0.386. The van der Waals surface area contributed by atoms with Gasteiger partial charge in [-0.25, -0.2) is 9.67 Å². The van der Waals surface area contributed by atoms with Crippen molar-refractivity contribution in [2.24, 2.45) is 0 Å². The Morgan fingerprint density at radius 3 is 2.57 bits per heavy atom. The zero-order valence-corrected chi connectivity index (χ0v) is 12.0. The molecule has 0 aliphatic carbocycles. The largest absolute Gasteiger partial charge is 0.232 e. The SMILES string of the molecule is ClCc1cc2ccccc2c(-n2ncc3ccccc32)n1. The molecule has 0 saturated heterocycles. The van der Waals surface area contributed by atoms with Crippen molar-refractivity contribution in [3.8, 4) is 5.82 Å². The van der Waals surface area contributed by atoms with Crippen molar-refractivity contribution in [1.29, 1.82) is 0 Å². The van der Waals surface area contributed by atoms with Crippen molar-refractivity contribution in [2.45, 2.75) is 5.88 Å². The predicted molar refractivity (Wildman–Crippen MR) is 85.9 cm³/mol. The second kappa shape index (κ2) is 4.86. The number of hydrogen-bond acceptors (Lipinski definition) is 2. The van der Waals surface area contributed by atoms with Crippen LogP contribution in [0.3, 0.4) is 0 Å². The predicted octanol–water partition coefficient (Wildman–Crippen LogP) is 4.31.